The van der Waals surface area contributed by atoms with Gasteiger partial charge in [0.15, 0.2) is 0 Å². The van der Waals surface area contributed by atoms with E-state index in [4.69, 9.17) is 0 Å². The molecule has 2 aromatic heterocycles. The number of nitrogens with zero attached hydrogens (tertiary/aromatic N) is 1. The van der Waals surface area contributed by atoms with E-state index in [1.165, 1.54) is 0 Å². The maximum absolute atomic E-state index is 11.7. The maximum Gasteiger partial charge on any atom is 0.338 e. The predicted molar refractivity (Wildman–Crippen MR) is 75.3 cm³/mol. The number of hydrogen-bond donors (Lipinski definition) is 2. The molecule has 100 valence electrons. The summed E-state index contributed by atoms with van der Waals surface area (Å²) in [4.78, 5) is 23.2. The molecule has 0 unspecified atom stereocenters. The molecule has 1 aromatic carbocycles. The molecule has 0 spiro atoms. The number of hydrogen-bond acceptors (Lipinski definition) is 2. The van der Waals surface area contributed by atoms with Gasteiger partial charge < -0.3 is 14.8 Å². The standard InChI is InChI=1S/C15H12N2O3/c1-16-14(18)9-6-7-12-13(15(19)20)10-4-2-3-5-11(10)17(12)8-9/h2-8H,1H3,(H,16,18)(H,19,20). The normalized spacial score (nSPS) is 10.8. The molecule has 3 aromatic rings. The average Bonchev–Trinajstić information content (AvgIpc) is 2.80. The number of aromatic carboxylic acids is 1. The summed E-state index contributed by atoms with van der Waals surface area (Å²) in [5, 5.41) is 12.6. The van der Waals surface area contributed by atoms with Gasteiger partial charge in [0.05, 0.1) is 22.2 Å². The molecule has 0 bridgehead atoms. The van der Waals surface area contributed by atoms with Gasteiger partial charge in [0, 0.05) is 18.6 Å². The highest BCUT2D eigenvalue weighted by molar-refractivity contribution is 6.11. The first kappa shape index (κ1) is 12.2. The van der Waals surface area contributed by atoms with Gasteiger partial charge in [-0.2, -0.15) is 0 Å². The van der Waals surface area contributed by atoms with Crippen LogP contribution in [0.4, 0.5) is 0 Å². The second-order valence-corrected chi connectivity index (χ2v) is 4.45. The van der Waals surface area contributed by atoms with Crippen LogP contribution in [0.2, 0.25) is 0 Å². The van der Waals surface area contributed by atoms with Gasteiger partial charge in [-0.3, -0.25) is 4.79 Å². The Kier molecular flexibility index (Phi) is 2.68. The van der Waals surface area contributed by atoms with Crippen molar-refractivity contribution in [2.45, 2.75) is 0 Å². The molecule has 20 heavy (non-hydrogen) atoms. The van der Waals surface area contributed by atoms with E-state index in [9.17, 15) is 14.7 Å². The van der Waals surface area contributed by atoms with E-state index in [0.717, 1.165) is 5.52 Å². The van der Waals surface area contributed by atoms with Crippen LogP contribution in [0.3, 0.4) is 0 Å². The Bertz CT molecular complexity index is 849. The first-order valence-corrected chi connectivity index (χ1v) is 6.11. The maximum atomic E-state index is 11.7. The third kappa shape index (κ3) is 1.64. The highest BCUT2D eigenvalue weighted by Crippen LogP contribution is 2.27. The van der Waals surface area contributed by atoms with Crippen molar-refractivity contribution >= 4 is 28.3 Å². The zero-order valence-corrected chi connectivity index (χ0v) is 10.8. The van der Waals surface area contributed by atoms with Gasteiger partial charge >= 0.3 is 5.97 Å². The van der Waals surface area contributed by atoms with Crippen molar-refractivity contribution in [3.63, 3.8) is 0 Å². The monoisotopic (exact) mass is 268 g/mol. The summed E-state index contributed by atoms with van der Waals surface area (Å²) in [7, 11) is 1.56. The van der Waals surface area contributed by atoms with Crippen LogP contribution >= 0.6 is 0 Å². The second kappa shape index (κ2) is 4.38. The zero-order chi connectivity index (χ0) is 14.3. The molecule has 0 aliphatic heterocycles. The zero-order valence-electron chi connectivity index (χ0n) is 10.8. The molecule has 3 rings (SSSR count). The number of pyridine rings is 1. The first-order chi connectivity index (χ1) is 9.63. The second-order valence-electron chi connectivity index (χ2n) is 4.45. The number of carboxylic acid groups (broad SMARTS) is 1. The Balaban J connectivity index is 2.44. The third-order valence-corrected chi connectivity index (χ3v) is 3.34. The SMILES string of the molecule is CNC(=O)c1ccc2c(C(=O)O)c3ccccc3n2c1. The van der Waals surface area contributed by atoms with Gasteiger partial charge in [-0.25, -0.2) is 4.79 Å². The number of carbonyl (C=O) groups excluding carboxylic acids is 1. The quantitative estimate of drug-likeness (QED) is 0.748. The highest BCUT2D eigenvalue weighted by Gasteiger charge is 2.17. The van der Waals surface area contributed by atoms with Crippen molar-refractivity contribution in [1.29, 1.82) is 0 Å². The minimum absolute atomic E-state index is 0.207. The van der Waals surface area contributed by atoms with Gasteiger partial charge in [-0.15, -0.1) is 0 Å². The van der Waals surface area contributed by atoms with Crippen molar-refractivity contribution in [2.24, 2.45) is 0 Å². The van der Waals surface area contributed by atoms with Gasteiger partial charge in [-0.1, -0.05) is 18.2 Å². The first-order valence-electron chi connectivity index (χ1n) is 6.11. The number of carboxylic acids is 1. The number of nitrogens with one attached hydrogen (secondary N) is 1. The van der Waals surface area contributed by atoms with Gasteiger partial charge in [0.1, 0.15) is 0 Å². The van der Waals surface area contributed by atoms with Crippen LogP contribution in [0.15, 0.2) is 42.6 Å². The molecular weight excluding hydrogens is 256 g/mol. The van der Waals surface area contributed by atoms with E-state index in [-0.39, 0.29) is 11.5 Å². The number of aromatic nitrogens is 1. The number of para-hydroxylation sites is 1. The molecule has 2 N–H and O–H groups in total. The molecular formula is C15H12N2O3. The third-order valence-electron chi connectivity index (χ3n) is 3.34. The largest absolute Gasteiger partial charge is 0.478 e. The van der Waals surface area contributed by atoms with E-state index < -0.39 is 5.97 Å². The Morgan fingerprint density at radius 3 is 2.55 bits per heavy atom. The average molecular weight is 268 g/mol. The predicted octanol–water partition coefficient (Wildman–Crippen LogP) is 2.15. The Morgan fingerprint density at radius 2 is 1.85 bits per heavy atom. The van der Waals surface area contributed by atoms with Crippen molar-refractivity contribution in [2.75, 3.05) is 7.05 Å². The van der Waals surface area contributed by atoms with Crippen molar-refractivity contribution in [3.8, 4) is 0 Å². The molecule has 0 saturated heterocycles. The molecule has 0 fully saturated rings. The highest BCUT2D eigenvalue weighted by atomic mass is 16.4. The van der Waals surface area contributed by atoms with Crippen molar-refractivity contribution < 1.29 is 14.7 Å². The molecule has 0 saturated carbocycles. The molecule has 1 amide bonds. The molecule has 5 heteroatoms. The summed E-state index contributed by atoms with van der Waals surface area (Å²) < 4.78 is 1.74. The minimum atomic E-state index is -0.976. The smallest absolute Gasteiger partial charge is 0.338 e. The van der Waals surface area contributed by atoms with E-state index in [0.29, 0.717) is 16.5 Å². The van der Waals surface area contributed by atoms with Gasteiger partial charge in [-0.05, 0) is 18.2 Å². The fourth-order valence-corrected chi connectivity index (χ4v) is 2.44. The lowest BCUT2D eigenvalue weighted by Gasteiger charge is -2.02. The molecule has 5 nitrogen and oxygen atoms in total. The van der Waals surface area contributed by atoms with Crippen LogP contribution in [-0.4, -0.2) is 28.4 Å². The molecule has 2 heterocycles. The van der Waals surface area contributed by atoms with E-state index in [1.807, 2.05) is 12.1 Å². The van der Waals surface area contributed by atoms with Crippen molar-refractivity contribution in [3.05, 3.63) is 53.7 Å². The Hall–Kier alpha value is -2.82. The summed E-state index contributed by atoms with van der Waals surface area (Å²) in [6, 6.07) is 10.5. The van der Waals surface area contributed by atoms with Crippen LogP contribution < -0.4 is 5.32 Å². The Morgan fingerprint density at radius 1 is 1.10 bits per heavy atom. The number of rotatable bonds is 2. The summed E-state index contributed by atoms with van der Waals surface area (Å²) >= 11 is 0. The lowest BCUT2D eigenvalue weighted by molar-refractivity contribution is 0.0701. The molecule has 0 aliphatic carbocycles. The van der Waals surface area contributed by atoms with Gasteiger partial charge in [0.25, 0.3) is 5.91 Å². The summed E-state index contributed by atoms with van der Waals surface area (Å²) in [5.41, 5.74) is 2.08. The van der Waals surface area contributed by atoms with E-state index in [1.54, 1.807) is 41.9 Å². The fraction of sp³-hybridized carbons (Fsp3) is 0.0667. The fourth-order valence-electron chi connectivity index (χ4n) is 2.44. The van der Waals surface area contributed by atoms with Gasteiger partial charge in [0.2, 0.25) is 0 Å². The lowest BCUT2D eigenvalue weighted by Crippen LogP contribution is -2.18. The minimum Gasteiger partial charge on any atom is -0.478 e. The van der Waals surface area contributed by atoms with E-state index >= 15 is 0 Å². The molecule has 0 aliphatic rings. The number of fused-ring (bicyclic) bond motifs is 3. The number of benzene rings is 1. The summed E-state index contributed by atoms with van der Waals surface area (Å²) in [6.45, 7) is 0. The number of amides is 1. The van der Waals surface area contributed by atoms with Crippen LogP contribution in [0.1, 0.15) is 20.7 Å². The summed E-state index contributed by atoms with van der Waals surface area (Å²) in [5.74, 6) is -1.18. The Labute approximate surface area is 114 Å². The van der Waals surface area contributed by atoms with Crippen LogP contribution in [-0.2, 0) is 0 Å². The molecule has 0 atom stereocenters. The van der Waals surface area contributed by atoms with Crippen LogP contribution in [0.5, 0.6) is 0 Å². The molecule has 0 radical (unpaired) electrons. The van der Waals surface area contributed by atoms with Crippen LogP contribution in [0.25, 0.3) is 16.4 Å². The van der Waals surface area contributed by atoms with Crippen molar-refractivity contribution in [1.82, 2.24) is 9.72 Å². The lowest BCUT2D eigenvalue weighted by atomic mass is 10.1. The summed E-state index contributed by atoms with van der Waals surface area (Å²) in [6.07, 6.45) is 1.66. The van der Waals surface area contributed by atoms with Crippen LogP contribution in [0, 0.1) is 0 Å². The topological polar surface area (TPSA) is 70.8 Å². The van der Waals surface area contributed by atoms with E-state index in [2.05, 4.69) is 5.32 Å². The number of carbonyl (C=O) groups is 2.